The summed E-state index contributed by atoms with van der Waals surface area (Å²) in [5.74, 6) is 12.9. The van der Waals surface area contributed by atoms with Crippen molar-refractivity contribution in [2.75, 3.05) is 0 Å². The Morgan fingerprint density at radius 3 is 1.06 bits per heavy atom. The minimum Gasteiger partial charge on any atom is -0.135 e. The van der Waals surface area contributed by atoms with Gasteiger partial charge in [-0.2, -0.15) is 0 Å². The second-order valence-corrected chi connectivity index (χ2v) is 11.8. The van der Waals surface area contributed by atoms with Crippen molar-refractivity contribution in [2.45, 2.75) is 77.5 Å². The molecule has 0 fully saturated rings. The molecule has 0 saturated carbocycles. The zero-order valence-electron chi connectivity index (χ0n) is 22.5. The Kier molecular flexibility index (Phi) is 6.32. The molecule has 2 aliphatic rings. The van der Waals surface area contributed by atoms with Crippen LogP contribution in [-0.2, 0) is 10.4 Å². The standard InChI is InChI=1S/C32H34N2O2/c1-29(2)21-27(31(5,6)33(29)35)19-13-23-9-15-25(16-10-23)26-17-11-24(12-18-26)14-20-28-22-30(3,4)34(36)32(28,7)8/h9-12,15-18,21-22H,1-8H3. The summed E-state index contributed by atoms with van der Waals surface area (Å²) in [5.41, 5.74) is 3.34. The molecule has 0 aliphatic carbocycles. The number of hydrogen-bond donors (Lipinski definition) is 0. The third-order valence-corrected chi connectivity index (χ3v) is 7.16. The van der Waals surface area contributed by atoms with E-state index in [4.69, 9.17) is 0 Å². The number of hydrogen-bond acceptors (Lipinski definition) is 2. The molecule has 2 aromatic carbocycles. The summed E-state index contributed by atoms with van der Waals surface area (Å²) >= 11 is 0. The third-order valence-electron chi connectivity index (χ3n) is 7.16. The lowest BCUT2D eigenvalue weighted by Gasteiger charge is -2.32. The van der Waals surface area contributed by atoms with E-state index in [2.05, 4.69) is 47.9 Å². The summed E-state index contributed by atoms with van der Waals surface area (Å²) < 4.78 is 0. The van der Waals surface area contributed by atoms with Crippen molar-refractivity contribution in [2.24, 2.45) is 0 Å². The second kappa shape index (κ2) is 8.77. The molecule has 0 aromatic heterocycles. The molecule has 0 N–H and O–H groups in total. The Morgan fingerprint density at radius 2 is 0.806 bits per heavy atom. The van der Waals surface area contributed by atoms with Crippen LogP contribution in [0.1, 0.15) is 66.5 Å². The summed E-state index contributed by atoms with van der Waals surface area (Å²) in [6, 6.07) is 16.2. The highest BCUT2D eigenvalue weighted by Gasteiger charge is 2.46. The van der Waals surface area contributed by atoms with Crippen molar-refractivity contribution in [3.8, 4) is 34.8 Å². The Bertz CT molecular complexity index is 1240. The molecule has 2 aromatic rings. The molecular weight excluding hydrogens is 444 g/mol. The number of hydroxylamine groups is 4. The van der Waals surface area contributed by atoms with Gasteiger partial charge in [0.05, 0.1) is 22.2 Å². The lowest BCUT2D eigenvalue weighted by molar-refractivity contribution is -0.237. The van der Waals surface area contributed by atoms with E-state index in [0.717, 1.165) is 43.5 Å². The van der Waals surface area contributed by atoms with E-state index in [0.29, 0.717) is 0 Å². The van der Waals surface area contributed by atoms with Crippen molar-refractivity contribution >= 4 is 0 Å². The molecule has 4 heteroatoms. The molecular formula is C32H34N2O2. The first-order valence-corrected chi connectivity index (χ1v) is 12.3. The van der Waals surface area contributed by atoms with E-state index in [9.17, 15) is 10.4 Å². The van der Waals surface area contributed by atoms with Gasteiger partial charge >= 0.3 is 0 Å². The van der Waals surface area contributed by atoms with Crippen molar-refractivity contribution in [1.82, 2.24) is 10.1 Å². The summed E-state index contributed by atoms with van der Waals surface area (Å²) in [6.45, 7) is 15.3. The molecule has 2 heterocycles. The molecule has 4 rings (SSSR count). The topological polar surface area (TPSA) is 46.3 Å². The molecule has 2 aliphatic heterocycles. The van der Waals surface area contributed by atoms with Gasteiger partial charge in [0.1, 0.15) is 0 Å². The highest BCUT2D eigenvalue weighted by molar-refractivity contribution is 5.66. The largest absolute Gasteiger partial charge is 0.135 e. The minimum atomic E-state index is -0.629. The molecule has 4 nitrogen and oxygen atoms in total. The zero-order chi connectivity index (χ0) is 26.5. The van der Waals surface area contributed by atoms with Crippen LogP contribution < -0.4 is 0 Å². The second-order valence-electron chi connectivity index (χ2n) is 11.8. The summed E-state index contributed by atoms with van der Waals surface area (Å²) in [6.07, 6.45) is 3.93. The van der Waals surface area contributed by atoms with Crippen LogP contribution in [0.15, 0.2) is 71.8 Å². The van der Waals surface area contributed by atoms with Gasteiger partial charge in [0.15, 0.2) is 0 Å². The van der Waals surface area contributed by atoms with Crippen LogP contribution in [0.2, 0.25) is 0 Å². The molecule has 0 atom stereocenters. The van der Waals surface area contributed by atoms with Crippen molar-refractivity contribution in [3.05, 3.63) is 83.0 Å². The van der Waals surface area contributed by atoms with Crippen LogP contribution in [0, 0.1) is 23.7 Å². The van der Waals surface area contributed by atoms with Crippen LogP contribution in [0.5, 0.6) is 0 Å². The normalized spacial score (nSPS) is 21.6. The molecule has 184 valence electrons. The highest BCUT2D eigenvalue weighted by atomic mass is 16.5. The predicted molar refractivity (Wildman–Crippen MR) is 143 cm³/mol. The van der Waals surface area contributed by atoms with E-state index < -0.39 is 22.2 Å². The van der Waals surface area contributed by atoms with Crippen LogP contribution in [0.3, 0.4) is 0 Å². The fourth-order valence-corrected chi connectivity index (χ4v) is 4.99. The van der Waals surface area contributed by atoms with Crippen LogP contribution in [0.4, 0.5) is 0 Å². The summed E-state index contributed by atoms with van der Waals surface area (Å²) in [7, 11) is 0. The fraction of sp³-hybridized carbons (Fsp3) is 0.375. The first-order valence-electron chi connectivity index (χ1n) is 12.3. The van der Waals surface area contributed by atoms with Gasteiger partial charge in [0.2, 0.25) is 0 Å². The molecule has 0 amide bonds. The SMILES string of the molecule is CC1(C)C=C(C#Cc2ccc(-c3ccc(C#CC4=CC(C)(C)N([O])C4(C)C)cc3)cc2)C(C)(C)N1[O]. The average molecular weight is 479 g/mol. The van der Waals surface area contributed by atoms with Gasteiger partial charge in [-0.25, -0.2) is 0 Å². The van der Waals surface area contributed by atoms with Gasteiger partial charge in [-0.1, -0.05) is 47.9 Å². The Hall–Kier alpha value is -3.12. The highest BCUT2D eigenvalue weighted by Crippen LogP contribution is 2.39. The first-order chi connectivity index (χ1) is 16.6. The molecule has 36 heavy (non-hydrogen) atoms. The van der Waals surface area contributed by atoms with Crippen molar-refractivity contribution < 1.29 is 10.4 Å². The lowest BCUT2D eigenvalue weighted by Crippen LogP contribution is -2.46. The van der Waals surface area contributed by atoms with Gasteiger partial charge in [-0.15, -0.1) is 20.5 Å². The van der Waals surface area contributed by atoms with E-state index in [-0.39, 0.29) is 0 Å². The molecule has 2 radical (unpaired) electrons. The number of nitrogens with zero attached hydrogens (tertiary/aromatic N) is 2. The monoisotopic (exact) mass is 478 g/mol. The van der Waals surface area contributed by atoms with E-state index >= 15 is 0 Å². The van der Waals surface area contributed by atoms with Crippen LogP contribution in [-0.4, -0.2) is 32.3 Å². The van der Waals surface area contributed by atoms with E-state index in [1.54, 1.807) is 0 Å². The van der Waals surface area contributed by atoms with Crippen molar-refractivity contribution in [3.63, 3.8) is 0 Å². The predicted octanol–water partition coefficient (Wildman–Crippen LogP) is 6.35. The fourth-order valence-electron chi connectivity index (χ4n) is 4.99. The van der Waals surface area contributed by atoms with Gasteiger partial charge in [0, 0.05) is 22.3 Å². The molecule has 0 unspecified atom stereocenters. The van der Waals surface area contributed by atoms with E-state index in [1.165, 1.54) is 0 Å². The maximum Gasteiger partial charge on any atom is 0.0771 e. The quantitative estimate of drug-likeness (QED) is 0.449. The molecule has 0 saturated heterocycles. The maximum atomic E-state index is 12.5. The zero-order valence-corrected chi connectivity index (χ0v) is 22.5. The van der Waals surface area contributed by atoms with Crippen molar-refractivity contribution in [1.29, 1.82) is 0 Å². The Balaban J connectivity index is 1.48. The molecule has 0 bridgehead atoms. The average Bonchev–Trinajstić information content (AvgIpc) is 3.09. The van der Waals surface area contributed by atoms with Crippen LogP contribution in [0.25, 0.3) is 11.1 Å². The summed E-state index contributed by atoms with van der Waals surface area (Å²) in [4.78, 5) is 0. The number of rotatable bonds is 1. The smallest absolute Gasteiger partial charge is 0.0771 e. The maximum absolute atomic E-state index is 12.5. The van der Waals surface area contributed by atoms with Gasteiger partial charge in [0.25, 0.3) is 0 Å². The minimum absolute atomic E-state index is 0.550. The molecule has 0 spiro atoms. The van der Waals surface area contributed by atoms with Gasteiger partial charge in [-0.3, -0.25) is 0 Å². The van der Waals surface area contributed by atoms with Gasteiger partial charge in [-0.05, 0) is 103 Å². The third kappa shape index (κ3) is 4.66. The Labute approximate surface area is 215 Å². The number of benzene rings is 2. The summed E-state index contributed by atoms with van der Waals surface area (Å²) in [5, 5.41) is 27.3. The first kappa shape index (κ1) is 26.0. The lowest BCUT2D eigenvalue weighted by atomic mass is 9.96. The van der Waals surface area contributed by atoms with Crippen LogP contribution >= 0.6 is 0 Å². The Morgan fingerprint density at radius 1 is 0.500 bits per heavy atom. The van der Waals surface area contributed by atoms with E-state index in [1.807, 2.05) is 91.8 Å². The van der Waals surface area contributed by atoms with Gasteiger partial charge < -0.3 is 0 Å².